The number of fused-ring (bicyclic) bond motifs is 1. The van der Waals surface area contributed by atoms with Gasteiger partial charge in [-0.1, -0.05) is 11.2 Å². The van der Waals surface area contributed by atoms with Crippen LogP contribution in [0.15, 0.2) is 28.8 Å². The standard InChI is InChI=1S/C17H17N3O2/c1-10-7-11(2)18-15-8-12(3-4-14(10)15)17-19-16(20-22-17)13-5-6-21-9-13/h3-4,7-8,13H,5-6,9H2,1-2H3/t13-/m1/s1. The van der Waals surface area contributed by atoms with Gasteiger partial charge < -0.3 is 9.26 Å². The van der Waals surface area contributed by atoms with Gasteiger partial charge in [-0.2, -0.15) is 4.98 Å². The largest absolute Gasteiger partial charge is 0.381 e. The molecule has 112 valence electrons. The van der Waals surface area contributed by atoms with Gasteiger partial charge in [0.15, 0.2) is 5.82 Å². The predicted octanol–water partition coefficient (Wildman–Crippen LogP) is 3.41. The minimum absolute atomic E-state index is 0.251. The van der Waals surface area contributed by atoms with E-state index in [0.29, 0.717) is 12.5 Å². The molecule has 0 N–H and O–H groups in total. The maximum Gasteiger partial charge on any atom is 0.258 e. The summed E-state index contributed by atoms with van der Waals surface area (Å²) in [4.78, 5) is 9.13. The number of pyridine rings is 1. The van der Waals surface area contributed by atoms with Crippen LogP contribution in [0.2, 0.25) is 0 Å². The summed E-state index contributed by atoms with van der Waals surface area (Å²) in [5, 5.41) is 5.25. The molecule has 3 heterocycles. The van der Waals surface area contributed by atoms with E-state index in [9.17, 15) is 0 Å². The summed E-state index contributed by atoms with van der Waals surface area (Å²) in [7, 11) is 0. The summed E-state index contributed by atoms with van der Waals surface area (Å²) in [6, 6.07) is 8.18. The minimum atomic E-state index is 0.251. The van der Waals surface area contributed by atoms with E-state index in [1.54, 1.807) is 0 Å². The van der Waals surface area contributed by atoms with Gasteiger partial charge in [0.1, 0.15) is 0 Å². The second kappa shape index (κ2) is 5.18. The summed E-state index contributed by atoms with van der Waals surface area (Å²) < 4.78 is 10.8. The lowest BCUT2D eigenvalue weighted by Crippen LogP contribution is -1.99. The zero-order valence-electron chi connectivity index (χ0n) is 12.7. The fourth-order valence-corrected chi connectivity index (χ4v) is 2.96. The Hall–Kier alpha value is -2.27. The first-order valence-corrected chi connectivity index (χ1v) is 7.50. The van der Waals surface area contributed by atoms with Gasteiger partial charge in [0.05, 0.1) is 12.1 Å². The van der Waals surface area contributed by atoms with Crippen molar-refractivity contribution < 1.29 is 9.26 Å². The lowest BCUT2D eigenvalue weighted by molar-refractivity contribution is 0.192. The molecule has 0 amide bonds. The second-order valence-corrected chi connectivity index (χ2v) is 5.83. The highest BCUT2D eigenvalue weighted by Crippen LogP contribution is 2.28. The maximum absolute atomic E-state index is 5.43. The Labute approximate surface area is 128 Å². The summed E-state index contributed by atoms with van der Waals surface area (Å²) in [5.41, 5.74) is 4.10. The molecule has 0 radical (unpaired) electrons. The summed E-state index contributed by atoms with van der Waals surface area (Å²) in [6.07, 6.45) is 0.955. The molecule has 0 unspecified atom stereocenters. The van der Waals surface area contributed by atoms with E-state index in [-0.39, 0.29) is 5.92 Å². The smallest absolute Gasteiger partial charge is 0.258 e. The molecule has 0 aliphatic carbocycles. The topological polar surface area (TPSA) is 61.0 Å². The average molecular weight is 295 g/mol. The monoisotopic (exact) mass is 295 g/mol. The van der Waals surface area contributed by atoms with E-state index in [1.165, 1.54) is 5.56 Å². The van der Waals surface area contributed by atoms with Crippen molar-refractivity contribution >= 4 is 10.9 Å². The third-order valence-corrected chi connectivity index (χ3v) is 4.13. The van der Waals surface area contributed by atoms with E-state index >= 15 is 0 Å². The van der Waals surface area contributed by atoms with Gasteiger partial charge in [0, 0.05) is 29.2 Å². The highest BCUT2D eigenvalue weighted by Gasteiger charge is 2.23. The van der Waals surface area contributed by atoms with Gasteiger partial charge in [-0.25, -0.2) is 0 Å². The molecular weight excluding hydrogens is 278 g/mol. The van der Waals surface area contributed by atoms with E-state index in [1.807, 2.05) is 19.1 Å². The van der Waals surface area contributed by atoms with E-state index in [4.69, 9.17) is 9.26 Å². The van der Waals surface area contributed by atoms with E-state index < -0.39 is 0 Å². The van der Waals surface area contributed by atoms with Crippen molar-refractivity contribution in [1.82, 2.24) is 15.1 Å². The minimum Gasteiger partial charge on any atom is -0.381 e. The molecule has 0 bridgehead atoms. The molecule has 1 aromatic carbocycles. The fraction of sp³-hybridized carbons (Fsp3) is 0.353. The predicted molar refractivity (Wildman–Crippen MR) is 82.7 cm³/mol. The Morgan fingerprint density at radius 2 is 2.05 bits per heavy atom. The van der Waals surface area contributed by atoms with E-state index in [0.717, 1.165) is 41.0 Å². The highest BCUT2D eigenvalue weighted by atomic mass is 16.5. The molecule has 1 aliphatic rings. The normalized spacial score (nSPS) is 18.2. The van der Waals surface area contributed by atoms with Crippen LogP contribution >= 0.6 is 0 Å². The van der Waals surface area contributed by atoms with Crippen molar-refractivity contribution in [3.8, 4) is 11.5 Å². The van der Waals surface area contributed by atoms with Gasteiger partial charge >= 0.3 is 0 Å². The molecule has 22 heavy (non-hydrogen) atoms. The summed E-state index contributed by atoms with van der Waals surface area (Å²) in [5.74, 6) is 1.53. The Kier molecular flexibility index (Phi) is 3.15. The molecule has 4 rings (SSSR count). The molecule has 1 fully saturated rings. The van der Waals surface area contributed by atoms with Crippen molar-refractivity contribution in [3.05, 3.63) is 41.3 Å². The summed E-state index contributed by atoms with van der Waals surface area (Å²) in [6.45, 7) is 5.55. The van der Waals surface area contributed by atoms with Crippen molar-refractivity contribution in [1.29, 1.82) is 0 Å². The van der Waals surface area contributed by atoms with Crippen LogP contribution in [0.1, 0.15) is 29.4 Å². The van der Waals surface area contributed by atoms with Gasteiger partial charge in [-0.05, 0) is 44.0 Å². The molecule has 1 saturated heterocycles. The van der Waals surface area contributed by atoms with Crippen LogP contribution in [0.4, 0.5) is 0 Å². The highest BCUT2D eigenvalue weighted by molar-refractivity contribution is 5.85. The SMILES string of the molecule is Cc1cc(C)c2ccc(-c3nc([C@@H]4CCOC4)no3)cc2n1. The molecule has 0 spiro atoms. The zero-order chi connectivity index (χ0) is 15.1. The lowest BCUT2D eigenvalue weighted by atomic mass is 10.1. The van der Waals surface area contributed by atoms with Crippen LogP contribution in [0.25, 0.3) is 22.4 Å². The Balaban J connectivity index is 1.74. The first-order valence-electron chi connectivity index (χ1n) is 7.50. The van der Waals surface area contributed by atoms with Crippen molar-refractivity contribution in [2.75, 3.05) is 13.2 Å². The molecular formula is C17H17N3O2. The Bertz CT molecular complexity index is 835. The molecule has 5 heteroatoms. The van der Waals surface area contributed by atoms with Crippen molar-refractivity contribution in [3.63, 3.8) is 0 Å². The van der Waals surface area contributed by atoms with Crippen LogP contribution in [0.5, 0.6) is 0 Å². The van der Waals surface area contributed by atoms with E-state index in [2.05, 4.69) is 34.2 Å². The van der Waals surface area contributed by atoms with Crippen LogP contribution in [-0.4, -0.2) is 28.3 Å². The van der Waals surface area contributed by atoms with Crippen LogP contribution in [0.3, 0.4) is 0 Å². The number of ether oxygens (including phenoxy) is 1. The number of aryl methyl sites for hydroxylation is 2. The summed E-state index contributed by atoms with van der Waals surface area (Å²) >= 11 is 0. The maximum atomic E-state index is 5.43. The van der Waals surface area contributed by atoms with Gasteiger partial charge in [0.2, 0.25) is 0 Å². The number of rotatable bonds is 2. The lowest BCUT2D eigenvalue weighted by Gasteiger charge is -2.04. The van der Waals surface area contributed by atoms with Crippen LogP contribution in [-0.2, 0) is 4.74 Å². The van der Waals surface area contributed by atoms with Crippen LogP contribution < -0.4 is 0 Å². The average Bonchev–Trinajstić information content (AvgIpc) is 3.17. The van der Waals surface area contributed by atoms with Crippen molar-refractivity contribution in [2.45, 2.75) is 26.2 Å². The number of benzene rings is 1. The number of aromatic nitrogens is 3. The third kappa shape index (κ3) is 2.27. The number of nitrogens with zero attached hydrogens (tertiary/aromatic N) is 3. The second-order valence-electron chi connectivity index (χ2n) is 5.83. The first kappa shape index (κ1) is 13.4. The zero-order valence-corrected chi connectivity index (χ0v) is 12.7. The first-order chi connectivity index (χ1) is 10.7. The Morgan fingerprint density at radius 1 is 1.14 bits per heavy atom. The van der Waals surface area contributed by atoms with Gasteiger partial charge in [-0.3, -0.25) is 4.98 Å². The third-order valence-electron chi connectivity index (χ3n) is 4.13. The van der Waals surface area contributed by atoms with Gasteiger partial charge in [0.25, 0.3) is 5.89 Å². The van der Waals surface area contributed by atoms with Gasteiger partial charge in [-0.15, -0.1) is 0 Å². The quantitative estimate of drug-likeness (QED) is 0.725. The molecule has 0 saturated carbocycles. The number of hydrogen-bond acceptors (Lipinski definition) is 5. The molecule has 1 aliphatic heterocycles. The molecule has 5 nitrogen and oxygen atoms in total. The fourth-order valence-electron chi connectivity index (χ4n) is 2.96. The molecule has 1 atom stereocenters. The molecule has 2 aromatic heterocycles. The van der Waals surface area contributed by atoms with Crippen LogP contribution in [0, 0.1) is 13.8 Å². The Morgan fingerprint density at radius 3 is 2.86 bits per heavy atom. The number of hydrogen-bond donors (Lipinski definition) is 0. The molecule has 3 aromatic rings. The van der Waals surface area contributed by atoms with Crippen molar-refractivity contribution in [2.24, 2.45) is 0 Å².